The number of hydrogen-bond acceptors (Lipinski definition) is 2. The van der Waals surface area contributed by atoms with Crippen LogP contribution in [0.5, 0.6) is 0 Å². The summed E-state index contributed by atoms with van der Waals surface area (Å²) in [5, 5.41) is 7.74. The molecule has 1 aromatic rings. The van der Waals surface area contributed by atoms with E-state index in [0.29, 0.717) is 12.1 Å². The Morgan fingerprint density at radius 3 is 2.48 bits per heavy atom. The molecule has 4 nitrogen and oxygen atoms in total. The van der Waals surface area contributed by atoms with Gasteiger partial charge in [-0.2, -0.15) is 0 Å². The fourth-order valence-electron chi connectivity index (χ4n) is 2.92. The highest BCUT2D eigenvalue weighted by molar-refractivity contribution is 6.30. The summed E-state index contributed by atoms with van der Waals surface area (Å²) >= 11 is 5.91. The molecule has 0 unspecified atom stereocenters. The average Bonchev–Trinajstić information content (AvgIpc) is 2.56. The van der Waals surface area contributed by atoms with Crippen LogP contribution < -0.4 is 10.6 Å². The SMILES string of the molecule is CN=C(NCCc1ccc(Cl)cc1)NC1CCN(C(C)C)CC1. The van der Waals surface area contributed by atoms with Gasteiger partial charge in [0.25, 0.3) is 0 Å². The molecule has 0 radical (unpaired) electrons. The van der Waals surface area contributed by atoms with Crippen LogP contribution in [-0.2, 0) is 6.42 Å². The number of nitrogens with zero attached hydrogens (tertiary/aromatic N) is 2. The molecule has 1 fully saturated rings. The molecule has 1 aliphatic heterocycles. The first kappa shape index (κ1) is 18.1. The molecule has 23 heavy (non-hydrogen) atoms. The van der Waals surface area contributed by atoms with E-state index in [2.05, 4.69) is 46.5 Å². The van der Waals surface area contributed by atoms with Gasteiger partial charge in [0.05, 0.1) is 0 Å². The van der Waals surface area contributed by atoms with Crippen LogP contribution in [0, 0.1) is 0 Å². The van der Waals surface area contributed by atoms with Gasteiger partial charge >= 0.3 is 0 Å². The molecule has 2 N–H and O–H groups in total. The van der Waals surface area contributed by atoms with Crippen LogP contribution in [0.1, 0.15) is 32.3 Å². The number of nitrogens with one attached hydrogen (secondary N) is 2. The van der Waals surface area contributed by atoms with Crippen molar-refractivity contribution in [1.82, 2.24) is 15.5 Å². The molecule has 1 aliphatic rings. The number of rotatable bonds is 5. The third-order valence-electron chi connectivity index (χ3n) is 4.44. The molecular formula is C18H29ClN4. The third-order valence-corrected chi connectivity index (χ3v) is 4.70. The molecule has 0 bridgehead atoms. The Kier molecular flexibility index (Phi) is 7.18. The van der Waals surface area contributed by atoms with E-state index in [-0.39, 0.29) is 0 Å². The standard InChI is InChI=1S/C18H29ClN4/c1-14(2)23-12-9-17(10-13-23)22-18(20-3)21-11-8-15-4-6-16(19)7-5-15/h4-7,14,17H,8-13H2,1-3H3,(H2,20,21,22). The molecule has 1 aromatic carbocycles. The van der Waals surface area contributed by atoms with Crippen molar-refractivity contribution in [2.75, 3.05) is 26.7 Å². The molecule has 0 atom stereocenters. The predicted molar refractivity (Wildman–Crippen MR) is 99.4 cm³/mol. The van der Waals surface area contributed by atoms with Crippen molar-refractivity contribution in [3.05, 3.63) is 34.9 Å². The first-order valence-corrected chi connectivity index (χ1v) is 8.92. The number of piperidine rings is 1. The zero-order chi connectivity index (χ0) is 16.7. The lowest BCUT2D eigenvalue weighted by Gasteiger charge is -2.35. The van der Waals surface area contributed by atoms with Crippen LogP contribution in [-0.4, -0.2) is 49.6 Å². The van der Waals surface area contributed by atoms with Crippen LogP contribution in [0.15, 0.2) is 29.3 Å². The minimum atomic E-state index is 0.520. The number of likely N-dealkylation sites (tertiary alicyclic amines) is 1. The van der Waals surface area contributed by atoms with Crippen molar-refractivity contribution < 1.29 is 0 Å². The second-order valence-electron chi connectivity index (χ2n) is 6.42. The van der Waals surface area contributed by atoms with Crippen molar-refractivity contribution in [2.45, 2.75) is 45.2 Å². The van der Waals surface area contributed by atoms with Crippen LogP contribution in [0.2, 0.25) is 5.02 Å². The van der Waals surface area contributed by atoms with E-state index in [9.17, 15) is 0 Å². The van der Waals surface area contributed by atoms with Gasteiger partial charge < -0.3 is 15.5 Å². The highest BCUT2D eigenvalue weighted by Gasteiger charge is 2.21. The Hall–Kier alpha value is -1.26. The lowest BCUT2D eigenvalue weighted by molar-refractivity contribution is 0.167. The summed E-state index contributed by atoms with van der Waals surface area (Å²) in [6, 6.07) is 9.18. The van der Waals surface area contributed by atoms with Gasteiger partial charge in [-0.3, -0.25) is 4.99 Å². The predicted octanol–water partition coefficient (Wildman–Crippen LogP) is 2.92. The van der Waals surface area contributed by atoms with E-state index in [1.165, 1.54) is 18.4 Å². The van der Waals surface area contributed by atoms with Gasteiger partial charge in [-0.25, -0.2) is 0 Å². The molecule has 5 heteroatoms. The number of hydrogen-bond donors (Lipinski definition) is 2. The monoisotopic (exact) mass is 336 g/mol. The fraction of sp³-hybridized carbons (Fsp3) is 0.611. The molecule has 0 aromatic heterocycles. The molecule has 0 aliphatic carbocycles. The summed E-state index contributed by atoms with van der Waals surface area (Å²) in [4.78, 5) is 6.88. The van der Waals surface area contributed by atoms with Gasteiger partial charge in [-0.05, 0) is 50.8 Å². The van der Waals surface area contributed by atoms with E-state index in [1.807, 2.05) is 19.2 Å². The van der Waals surface area contributed by atoms with E-state index < -0.39 is 0 Å². The molecule has 1 heterocycles. The maximum Gasteiger partial charge on any atom is 0.191 e. The van der Waals surface area contributed by atoms with Crippen molar-refractivity contribution in [1.29, 1.82) is 0 Å². The number of guanidine groups is 1. The molecule has 0 saturated carbocycles. The minimum absolute atomic E-state index is 0.520. The van der Waals surface area contributed by atoms with Crippen molar-refractivity contribution in [2.24, 2.45) is 4.99 Å². The summed E-state index contributed by atoms with van der Waals surface area (Å²) in [5.74, 6) is 0.905. The zero-order valence-electron chi connectivity index (χ0n) is 14.5. The fourth-order valence-corrected chi connectivity index (χ4v) is 3.05. The Balaban J connectivity index is 1.70. The number of halogens is 1. The molecule has 1 saturated heterocycles. The second-order valence-corrected chi connectivity index (χ2v) is 6.86. The van der Waals surface area contributed by atoms with Gasteiger partial charge in [0.2, 0.25) is 0 Å². The van der Waals surface area contributed by atoms with Crippen molar-refractivity contribution >= 4 is 17.6 Å². The molecule has 0 spiro atoms. The van der Waals surface area contributed by atoms with E-state index in [0.717, 1.165) is 37.0 Å². The van der Waals surface area contributed by atoms with Gasteiger partial charge in [0, 0.05) is 43.8 Å². The number of benzene rings is 1. The van der Waals surface area contributed by atoms with Gasteiger partial charge in [0.15, 0.2) is 5.96 Å². The zero-order valence-corrected chi connectivity index (χ0v) is 15.2. The molecular weight excluding hydrogens is 308 g/mol. The Morgan fingerprint density at radius 2 is 1.91 bits per heavy atom. The van der Waals surface area contributed by atoms with Crippen molar-refractivity contribution in [3.63, 3.8) is 0 Å². The van der Waals surface area contributed by atoms with Gasteiger partial charge in [-0.15, -0.1) is 0 Å². The second kappa shape index (κ2) is 9.14. The first-order valence-electron chi connectivity index (χ1n) is 8.54. The van der Waals surface area contributed by atoms with Gasteiger partial charge in [-0.1, -0.05) is 23.7 Å². The van der Waals surface area contributed by atoms with Crippen molar-refractivity contribution in [3.8, 4) is 0 Å². The quantitative estimate of drug-likeness (QED) is 0.641. The molecule has 128 valence electrons. The smallest absolute Gasteiger partial charge is 0.191 e. The Bertz CT molecular complexity index is 490. The average molecular weight is 337 g/mol. The third kappa shape index (κ3) is 6.04. The van der Waals surface area contributed by atoms with Gasteiger partial charge in [0.1, 0.15) is 0 Å². The summed E-state index contributed by atoms with van der Waals surface area (Å²) in [7, 11) is 1.83. The van der Waals surface area contributed by atoms with E-state index in [4.69, 9.17) is 11.6 Å². The molecule has 0 amide bonds. The van der Waals surface area contributed by atoms with E-state index >= 15 is 0 Å². The molecule has 2 rings (SSSR count). The summed E-state index contributed by atoms with van der Waals surface area (Å²) in [5.41, 5.74) is 1.28. The normalized spacial score (nSPS) is 17.5. The Labute approximate surface area is 145 Å². The summed E-state index contributed by atoms with van der Waals surface area (Å²) in [6.07, 6.45) is 3.32. The highest BCUT2D eigenvalue weighted by atomic mass is 35.5. The largest absolute Gasteiger partial charge is 0.356 e. The Morgan fingerprint density at radius 1 is 1.26 bits per heavy atom. The highest BCUT2D eigenvalue weighted by Crippen LogP contribution is 2.13. The lowest BCUT2D eigenvalue weighted by Crippen LogP contribution is -2.50. The van der Waals surface area contributed by atoms with Crippen LogP contribution in [0.3, 0.4) is 0 Å². The van der Waals surface area contributed by atoms with Crippen LogP contribution in [0.4, 0.5) is 0 Å². The summed E-state index contributed by atoms with van der Waals surface area (Å²) in [6.45, 7) is 7.73. The van der Waals surface area contributed by atoms with Crippen LogP contribution >= 0.6 is 11.6 Å². The minimum Gasteiger partial charge on any atom is -0.356 e. The number of aliphatic imine (C=N–C) groups is 1. The maximum absolute atomic E-state index is 5.91. The topological polar surface area (TPSA) is 39.7 Å². The lowest BCUT2D eigenvalue weighted by atomic mass is 10.0. The summed E-state index contributed by atoms with van der Waals surface area (Å²) < 4.78 is 0. The van der Waals surface area contributed by atoms with E-state index in [1.54, 1.807) is 0 Å². The first-order chi connectivity index (χ1) is 11.1. The van der Waals surface area contributed by atoms with Crippen LogP contribution in [0.25, 0.3) is 0 Å². The maximum atomic E-state index is 5.91.